The minimum absolute atomic E-state index is 0.151. The summed E-state index contributed by atoms with van der Waals surface area (Å²) in [5, 5.41) is 13.7. The summed E-state index contributed by atoms with van der Waals surface area (Å²) in [6, 6.07) is 10.6. The molecule has 8 nitrogen and oxygen atoms in total. The molecule has 3 rings (SSSR count). The quantitative estimate of drug-likeness (QED) is 0.477. The summed E-state index contributed by atoms with van der Waals surface area (Å²) in [6.45, 7) is -0.347. The molecule has 1 atom stereocenters. The third-order valence-corrected chi connectivity index (χ3v) is 4.18. The van der Waals surface area contributed by atoms with Crippen LogP contribution in [-0.4, -0.2) is 30.0 Å². The molecule has 0 unspecified atom stereocenters. The Hall–Kier alpha value is -3.13. The molecule has 0 spiro atoms. The first-order chi connectivity index (χ1) is 12.9. The van der Waals surface area contributed by atoms with E-state index in [0.29, 0.717) is 17.2 Å². The van der Waals surface area contributed by atoms with Gasteiger partial charge in [0.15, 0.2) is 6.61 Å². The molecule has 1 aliphatic rings. The van der Waals surface area contributed by atoms with E-state index in [9.17, 15) is 19.7 Å². The molecule has 0 saturated heterocycles. The normalized spacial score (nSPS) is 15.2. The zero-order chi connectivity index (χ0) is 19.4. The van der Waals surface area contributed by atoms with Crippen molar-refractivity contribution >= 4 is 34.9 Å². The maximum Gasteiger partial charge on any atom is 0.313 e. The van der Waals surface area contributed by atoms with E-state index in [1.807, 2.05) is 0 Å². The minimum Gasteiger partial charge on any atom is -0.492 e. The van der Waals surface area contributed by atoms with Crippen molar-refractivity contribution in [3.05, 3.63) is 63.2 Å². The van der Waals surface area contributed by atoms with E-state index in [1.54, 1.807) is 18.2 Å². The van der Waals surface area contributed by atoms with Crippen molar-refractivity contribution in [2.45, 2.75) is 6.42 Å². The van der Waals surface area contributed by atoms with Gasteiger partial charge in [0.1, 0.15) is 12.4 Å². The second-order valence-electron chi connectivity index (χ2n) is 5.93. The number of ether oxygens (including phenoxy) is 2. The molecule has 0 bridgehead atoms. The van der Waals surface area contributed by atoms with Gasteiger partial charge >= 0.3 is 5.97 Å². The molecule has 27 heavy (non-hydrogen) atoms. The first-order valence-corrected chi connectivity index (χ1v) is 8.42. The lowest BCUT2D eigenvalue weighted by atomic mass is 9.97. The number of amides is 1. The van der Waals surface area contributed by atoms with Crippen molar-refractivity contribution in [2.24, 2.45) is 5.92 Å². The van der Waals surface area contributed by atoms with Crippen LogP contribution in [0.2, 0.25) is 5.02 Å². The molecule has 0 aromatic heterocycles. The number of fused-ring (bicyclic) bond motifs is 1. The minimum atomic E-state index is -0.593. The number of carbonyl (C=O) groups is 2. The molecule has 0 saturated carbocycles. The maximum absolute atomic E-state index is 12.2. The van der Waals surface area contributed by atoms with Gasteiger partial charge in [-0.15, -0.1) is 0 Å². The van der Waals surface area contributed by atoms with E-state index in [1.165, 1.54) is 24.3 Å². The van der Waals surface area contributed by atoms with Crippen LogP contribution in [0.15, 0.2) is 42.5 Å². The highest BCUT2D eigenvalue weighted by atomic mass is 35.5. The number of anilines is 1. The standard InChI is InChI=1S/C18H15ClN2O6/c19-13-4-5-16-11(7-13)6-12(9-26-16)18(23)27-10-17(22)20-14-2-1-3-15(8-14)21(24)25/h1-5,7-8,12H,6,9-10H2,(H,20,22)/t12-/m0/s1. The predicted molar refractivity (Wildman–Crippen MR) is 96.8 cm³/mol. The van der Waals surface area contributed by atoms with Crippen LogP contribution in [0.1, 0.15) is 5.56 Å². The van der Waals surface area contributed by atoms with Gasteiger partial charge in [0.2, 0.25) is 0 Å². The van der Waals surface area contributed by atoms with Gasteiger partial charge in [-0.25, -0.2) is 0 Å². The van der Waals surface area contributed by atoms with Crippen molar-refractivity contribution < 1.29 is 24.0 Å². The Morgan fingerprint density at radius 2 is 2.11 bits per heavy atom. The largest absolute Gasteiger partial charge is 0.492 e. The van der Waals surface area contributed by atoms with Crippen LogP contribution in [0.4, 0.5) is 11.4 Å². The lowest BCUT2D eigenvalue weighted by molar-refractivity contribution is -0.384. The van der Waals surface area contributed by atoms with Crippen LogP contribution in [0.25, 0.3) is 0 Å². The fraction of sp³-hybridized carbons (Fsp3) is 0.222. The van der Waals surface area contributed by atoms with Gasteiger partial charge in [-0.3, -0.25) is 19.7 Å². The first-order valence-electron chi connectivity index (χ1n) is 8.04. The van der Waals surface area contributed by atoms with Gasteiger partial charge in [0.25, 0.3) is 11.6 Å². The molecule has 2 aromatic carbocycles. The molecule has 1 aliphatic heterocycles. The highest BCUT2D eigenvalue weighted by Crippen LogP contribution is 2.30. The Kier molecular flexibility index (Phi) is 5.56. The van der Waals surface area contributed by atoms with Gasteiger partial charge in [-0.2, -0.15) is 0 Å². The lowest BCUT2D eigenvalue weighted by Crippen LogP contribution is -2.32. The van der Waals surface area contributed by atoms with Gasteiger partial charge in [0.05, 0.1) is 10.8 Å². The molecule has 1 N–H and O–H groups in total. The van der Waals surface area contributed by atoms with Crippen LogP contribution < -0.4 is 10.1 Å². The molecule has 140 valence electrons. The van der Waals surface area contributed by atoms with Gasteiger partial charge in [-0.05, 0) is 36.2 Å². The molecule has 1 amide bonds. The third-order valence-electron chi connectivity index (χ3n) is 3.95. The van der Waals surface area contributed by atoms with Crippen molar-refractivity contribution in [2.75, 3.05) is 18.5 Å². The van der Waals surface area contributed by atoms with Crippen molar-refractivity contribution in [3.63, 3.8) is 0 Å². The number of esters is 1. The third kappa shape index (κ3) is 4.73. The number of nitrogens with one attached hydrogen (secondary N) is 1. The Labute approximate surface area is 159 Å². The van der Waals surface area contributed by atoms with Gasteiger partial charge in [0, 0.05) is 22.8 Å². The average Bonchev–Trinajstić information content (AvgIpc) is 2.65. The summed E-state index contributed by atoms with van der Waals surface area (Å²) in [6.07, 6.45) is 0.404. The highest BCUT2D eigenvalue weighted by molar-refractivity contribution is 6.30. The van der Waals surface area contributed by atoms with Crippen LogP contribution in [0, 0.1) is 16.0 Å². The van der Waals surface area contributed by atoms with Crippen molar-refractivity contribution in [1.29, 1.82) is 0 Å². The number of non-ortho nitro benzene ring substituents is 1. The maximum atomic E-state index is 12.2. The number of carbonyl (C=O) groups excluding carboxylic acids is 2. The first kappa shape index (κ1) is 18.7. The van der Waals surface area contributed by atoms with E-state index in [2.05, 4.69) is 5.32 Å². The molecule has 0 aliphatic carbocycles. The number of hydrogen-bond acceptors (Lipinski definition) is 6. The molecule has 2 aromatic rings. The zero-order valence-electron chi connectivity index (χ0n) is 14.0. The van der Waals surface area contributed by atoms with Crippen LogP contribution in [-0.2, 0) is 20.7 Å². The van der Waals surface area contributed by atoms with E-state index < -0.39 is 29.3 Å². The number of halogens is 1. The monoisotopic (exact) mass is 390 g/mol. The van der Waals surface area contributed by atoms with E-state index >= 15 is 0 Å². The van der Waals surface area contributed by atoms with E-state index in [4.69, 9.17) is 21.1 Å². The average molecular weight is 391 g/mol. The van der Waals surface area contributed by atoms with Crippen LogP contribution >= 0.6 is 11.6 Å². The summed E-state index contributed by atoms with van der Waals surface area (Å²) in [4.78, 5) is 34.3. The zero-order valence-corrected chi connectivity index (χ0v) is 14.8. The molecular formula is C18H15ClN2O6. The topological polar surface area (TPSA) is 108 Å². The molecular weight excluding hydrogens is 376 g/mol. The number of rotatable bonds is 5. The SMILES string of the molecule is O=C(COC(=O)[C@@H]1COc2ccc(Cl)cc2C1)Nc1cccc([N+](=O)[O-])c1. The highest BCUT2D eigenvalue weighted by Gasteiger charge is 2.28. The number of nitrogens with zero attached hydrogens (tertiary/aromatic N) is 1. The molecule has 1 heterocycles. The molecule has 0 fully saturated rings. The summed E-state index contributed by atoms with van der Waals surface area (Å²) in [5.74, 6) is -1.02. The number of nitro benzene ring substituents is 1. The smallest absolute Gasteiger partial charge is 0.313 e. The fourth-order valence-corrected chi connectivity index (χ4v) is 2.86. The molecule has 0 radical (unpaired) electrons. The van der Waals surface area contributed by atoms with Crippen LogP contribution in [0.3, 0.4) is 0 Å². The number of hydrogen-bond donors (Lipinski definition) is 1. The lowest BCUT2D eigenvalue weighted by Gasteiger charge is -2.24. The van der Waals surface area contributed by atoms with Gasteiger partial charge in [-0.1, -0.05) is 17.7 Å². The summed E-state index contributed by atoms with van der Waals surface area (Å²) in [7, 11) is 0. The Morgan fingerprint density at radius 3 is 2.89 bits per heavy atom. The Bertz CT molecular complexity index is 901. The second-order valence-corrected chi connectivity index (χ2v) is 6.36. The predicted octanol–water partition coefficient (Wildman–Crippen LogP) is 2.98. The van der Waals surface area contributed by atoms with E-state index in [0.717, 1.165) is 5.56 Å². The Balaban J connectivity index is 1.52. The van der Waals surface area contributed by atoms with Crippen LogP contribution in [0.5, 0.6) is 5.75 Å². The Morgan fingerprint density at radius 1 is 1.30 bits per heavy atom. The number of benzene rings is 2. The molecule has 9 heteroatoms. The van der Waals surface area contributed by atoms with E-state index in [-0.39, 0.29) is 18.0 Å². The van der Waals surface area contributed by atoms with Crippen molar-refractivity contribution in [3.8, 4) is 5.75 Å². The fourth-order valence-electron chi connectivity index (χ4n) is 2.66. The number of nitro groups is 1. The summed E-state index contributed by atoms with van der Waals surface area (Å²) in [5.41, 5.74) is 0.896. The summed E-state index contributed by atoms with van der Waals surface area (Å²) < 4.78 is 10.6. The van der Waals surface area contributed by atoms with Crippen molar-refractivity contribution in [1.82, 2.24) is 0 Å². The summed E-state index contributed by atoms with van der Waals surface area (Å²) >= 11 is 5.95. The van der Waals surface area contributed by atoms with Gasteiger partial charge < -0.3 is 14.8 Å². The second kappa shape index (κ2) is 8.05.